The van der Waals surface area contributed by atoms with Gasteiger partial charge in [0.05, 0.1) is 16.8 Å². The Labute approximate surface area is 128 Å². The Balaban J connectivity index is 1.81. The summed E-state index contributed by atoms with van der Waals surface area (Å²) in [7, 11) is -0.349. The Morgan fingerprint density at radius 3 is 2.29 bits per heavy atom. The molecule has 0 unspecified atom stereocenters. The van der Waals surface area contributed by atoms with Crippen molar-refractivity contribution in [2.75, 3.05) is 0 Å². The van der Waals surface area contributed by atoms with Crippen LogP contribution in [0.4, 0.5) is 0 Å². The van der Waals surface area contributed by atoms with Crippen molar-refractivity contribution in [3.63, 3.8) is 0 Å². The lowest BCUT2D eigenvalue weighted by molar-refractivity contribution is 0.00578. The summed E-state index contributed by atoms with van der Waals surface area (Å²) in [5, 5.41) is 0. The van der Waals surface area contributed by atoms with Crippen LogP contribution in [-0.4, -0.2) is 23.3 Å². The van der Waals surface area contributed by atoms with E-state index in [-0.39, 0.29) is 18.3 Å². The van der Waals surface area contributed by atoms with Gasteiger partial charge in [-0.05, 0) is 64.2 Å². The summed E-state index contributed by atoms with van der Waals surface area (Å²) in [5.74, 6) is 0.683. The average molecular weight is 287 g/mol. The maximum absolute atomic E-state index is 6.11. The number of hydrogen-bond donors (Lipinski definition) is 0. The van der Waals surface area contributed by atoms with E-state index in [1.54, 1.807) is 0 Å². The van der Waals surface area contributed by atoms with Crippen molar-refractivity contribution in [2.24, 2.45) is 0 Å². The van der Waals surface area contributed by atoms with Gasteiger partial charge in [-0.2, -0.15) is 0 Å². The molecule has 1 aliphatic carbocycles. The first-order chi connectivity index (χ1) is 9.89. The third-order valence-electron chi connectivity index (χ3n) is 5.38. The second-order valence-corrected chi connectivity index (χ2v) is 7.44. The molecule has 0 amide bonds. The topological polar surface area (TPSA) is 31.4 Å². The lowest BCUT2D eigenvalue weighted by Crippen LogP contribution is -2.41. The fourth-order valence-corrected chi connectivity index (χ4v) is 3.25. The molecular formula is C17H26BNO2. The summed E-state index contributed by atoms with van der Waals surface area (Å²) >= 11 is 0. The highest BCUT2D eigenvalue weighted by Crippen LogP contribution is 2.37. The second kappa shape index (κ2) is 5.40. The van der Waals surface area contributed by atoms with Crippen molar-refractivity contribution < 1.29 is 9.31 Å². The standard InChI is InChI=1S/C17H26BNO2/c1-16(2)17(3,4)21-18(20-16)15-12-14(10-11-19-15)13-8-6-5-7-9-13/h10-13H,5-9H2,1-4H3. The van der Waals surface area contributed by atoms with E-state index in [4.69, 9.17) is 9.31 Å². The van der Waals surface area contributed by atoms with Crippen molar-refractivity contribution >= 4 is 12.7 Å². The van der Waals surface area contributed by atoms with Crippen molar-refractivity contribution in [1.29, 1.82) is 0 Å². The van der Waals surface area contributed by atoms with Crippen molar-refractivity contribution in [1.82, 2.24) is 4.98 Å². The molecule has 2 fully saturated rings. The van der Waals surface area contributed by atoms with Crippen LogP contribution >= 0.6 is 0 Å². The van der Waals surface area contributed by atoms with E-state index in [0.717, 1.165) is 5.59 Å². The summed E-state index contributed by atoms with van der Waals surface area (Å²) < 4.78 is 12.2. The SMILES string of the molecule is CC1(C)OB(c2cc(C3CCCCC3)ccn2)OC1(C)C. The van der Waals surface area contributed by atoms with Gasteiger partial charge >= 0.3 is 7.12 Å². The smallest absolute Gasteiger partial charge is 0.398 e. The fraction of sp³-hybridized carbons (Fsp3) is 0.706. The molecule has 0 radical (unpaired) electrons. The van der Waals surface area contributed by atoms with E-state index in [0.29, 0.717) is 5.92 Å². The molecule has 1 aliphatic heterocycles. The zero-order valence-electron chi connectivity index (χ0n) is 13.7. The van der Waals surface area contributed by atoms with Gasteiger partial charge in [0, 0.05) is 6.20 Å². The Kier molecular flexibility index (Phi) is 3.87. The molecule has 3 rings (SSSR count). The molecule has 1 aromatic rings. The highest BCUT2D eigenvalue weighted by atomic mass is 16.7. The second-order valence-electron chi connectivity index (χ2n) is 7.44. The van der Waals surface area contributed by atoms with Gasteiger partial charge in [-0.3, -0.25) is 4.98 Å². The van der Waals surface area contributed by atoms with Crippen molar-refractivity contribution in [3.05, 3.63) is 23.9 Å². The Bertz CT molecular complexity index is 493. The Morgan fingerprint density at radius 2 is 1.67 bits per heavy atom. The minimum absolute atomic E-state index is 0.305. The highest BCUT2D eigenvalue weighted by molar-refractivity contribution is 6.61. The molecule has 1 saturated carbocycles. The average Bonchev–Trinajstić information content (AvgIpc) is 2.69. The predicted octanol–water partition coefficient (Wildman–Crippen LogP) is 3.43. The molecule has 1 saturated heterocycles. The first kappa shape index (κ1) is 15.0. The molecule has 0 N–H and O–H groups in total. The molecule has 0 bridgehead atoms. The number of rotatable bonds is 2. The van der Waals surface area contributed by atoms with Crippen molar-refractivity contribution in [3.8, 4) is 0 Å². The summed E-state index contributed by atoms with van der Waals surface area (Å²) in [6.07, 6.45) is 8.58. The van der Waals surface area contributed by atoms with Gasteiger partial charge in [0.15, 0.2) is 0 Å². The molecule has 3 nitrogen and oxygen atoms in total. The number of nitrogens with zero attached hydrogens (tertiary/aromatic N) is 1. The van der Waals surface area contributed by atoms with Gasteiger partial charge in [0.25, 0.3) is 0 Å². The Morgan fingerprint density at radius 1 is 1.05 bits per heavy atom. The number of pyridine rings is 1. The zero-order valence-corrected chi connectivity index (χ0v) is 13.7. The highest BCUT2D eigenvalue weighted by Gasteiger charge is 2.52. The van der Waals surface area contributed by atoms with Crippen LogP contribution in [-0.2, 0) is 9.31 Å². The van der Waals surface area contributed by atoms with Crippen LogP contribution in [0.25, 0.3) is 0 Å². The van der Waals surface area contributed by atoms with Crippen LogP contribution in [0, 0.1) is 0 Å². The van der Waals surface area contributed by atoms with E-state index >= 15 is 0 Å². The third-order valence-corrected chi connectivity index (χ3v) is 5.38. The Hall–Kier alpha value is -0.865. The van der Waals surface area contributed by atoms with Crippen molar-refractivity contribution in [2.45, 2.75) is 76.9 Å². The van der Waals surface area contributed by atoms with Crippen LogP contribution < -0.4 is 5.59 Å². The van der Waals surface area contributed by atoms with Gasteiger partial charge in [-0.25, -0.2) is 0 Å². The number of hydrogen-bond acceptors (Lipinski definition) is 3. The lowest BCUT2D eigenvalue weighted by Gasteiger charge is -2.32. The summed E-state index contributed by atoms with van der Waals surface area (Å²) in [4.78, 5) is 4.50. The summed E-state index contributed by atoms with van der Waals surface area (Å²) in [6, 6.07) is 4.35. The maximum Gasteiger partial charge on any atom is 0.514 e. The maximum atomic E-state index is 6.11. The lowest BCUT2D eigenvalue weighted by atomic mass is 9.79. The monoisotopic (exact) mass is 287 g/mol. The van der Waals surface area contributed by atoms with Crippen LogP contribution in [0.5, 0.6) is 0 Å². The van der Waals surface area contributed by atoms with Crippen LogP contribution in [0.3, 0.4) is 0 Å². The van der Waals surface area contributed by atoms with Crippen LogP contribution in [0.1, 0.15) is 71.3 Å². The first-order valence-electron chi connectivity index (χ1n) is 8.20. The van der Waals surface area contributed by atoms with E-state index in [9.17, 15) is 0 Å². The molecule has 2 aliphatic rings. The molecule has 2 heterocycles. The van der Waals surface area contributed by atoms with E-state index in [1.807, 2.05) is 6.20 Å². The molecular weight excluding hydrogens is 261 g/mol. The summed E-state index contributed by atoms with van der Waals surface area (Å²) in [5.41, 5.74) is 1.70. The van der Waals surface area contributed by atoms with Crippen LogP contribution in [0.15, 0.2) is 18.3 Å². The molecule has 0 atom stereocenters. The molecule has 1 aromatic heterocycles. The molecule has 4 heteroatoms. The van der Waals surface area contributed by atoms with E-state index < -0.39 is 0 Å². The molecule has 114 valence electrons. The molecule has 0 aromatic carbocycles. The number of aromatic nitrogens is 1. The van der Waals surface area contributed by atoms with Gasteiger partial charge in [-0.15, -0.1) is 0 Å². The van der Waals surface area contributed by atoms with E-state index in [1.165, 1.54) is 37.7 Å². The minimum atomic E-state index is -0.349. The zero-order chi connectivity index (χ0) is 15.1. The van der Waals surface area contributed by atoms with Gasteiger partial charge < -0.3 is 9.31 Å². The van der Waals surface area contributed by atoms with Gasteiger partial charge in [0.2, 0.25) is 0 Å². The quantitative estimate of drug-likeness (QED) is 0.781. The largest absolute Gasteiger partial charge is 0.514 e. The predicted molar refractivity (Wildman–Crippen MR) is 85.8 cm³/mol. The fourth-order valence-electron chi connectivity index (χ4n) is 3.25. The van der Waals surface area contributed by atoms with Gasteiger partial charge in [-0.1, -0.05) is 19.3 Å². The first-order valence-corrected chi connectivity index (χ1v) is 8.20. The summed E-state index contributed by atoms with van der Waals surface area (Å²) in [6.45, 7) is 8.33. The van der Waals surface area contributed by atoms with Crippen LogP contribution in [0.2, 0.25) is 0 Å². The van der Waals surface area contributed by atoms with E-state index in [2.05, 4.69) is 44.8 Å². The molecule has 21 heavy (non-hydrogen) atoms. The molecule has 0 spiro atoms. The minimum Gasteiger partial charge on any atom is -0.398 e. The normalized spacial score (nSPS) is 25.2. The van der Waals surface area contributed by atoms with Gasteiger partial charge in [0.1, 0.15) is 0 Å². The third kappa shape index (κ3) is 2.88.